The van der Waals surface area contributed by atoms with Gasteiger partial charge in [-0.3, -0.25) is 9.69 Å². The number of amides is 1. The summed E-state index contributed by atoms with van der Waals surface area (Å²) in [7, 11) is 0. The van der Waals surface area contributed by atoms with Gasteiger partial charge in [-0.05, 0) is 35.9 Å². The van der Waals surface area contributed by atoms with Crippen LogP contribution in [0.4, 0.5) is 17.6 Å². The fourth-order valence-electron chi connectivity index (χ4n) is 3.08. The topological polar surface area (TPSA) is 43.8 Å². The van der Waals surface area contributed by atoms with Crippen LogP contribution in [0.5, 0.6) is 5.75 Å². The number of piperazine rings is 1. The first-order chi connectivity index (χ1) is 12.7. The maximum atomic E-state index is 13.4. The number of benzene rings is 2. The first-order valence-corrected chi connectivity index (χ1v) is 8.40. The van der Waals surface area contributed by atoms with E-state index in [1.807, 2.05) is 6.07 Å². The summed E-state index contributed by atoms with van der Waals surface area (Å²) in [5.41, 5.74) is -0.677. The fraction of sp³-hybridized carbons (Fsp3) is 0.316. The van der Waals surface area contributed by atoms with Crippen LogP contribution < -0.4 is 0 Å². The first-order valence-electron chi connectivity index (χ1n) is 8.40. The number of nitrogens with zero attached hydrogens (tertiary/aromatic N) is 2. The highest BCUT2D eigenvalue weighted by molar-refractivity contribution is 5.94. The Morgan fingerprint density at radius 1 is 1.04 bits per heavy atom. The molecule has 0 saturated carbocycles. The summed E-state index contributed by atoms with van der Waals surface area (Å²) in [5.74, 6) is -1.76. The highest BCUT2D eigenvalue weighted by Gasteiger charge is 2.35. The van der Waals surface area contributed by atoms with Gasteiger partial charge in [-0.15, -0.1) is 0 Å². The van der Waals surface area contributed by atoms with E-state index < -0.39 is 23.5 Å². The molecule has 0 radical (unpaired) electrons. The molecule has 2 aromatic rings. The monoisotopic (exact) mass is 382 g/mol. The first kappa shape index (κ1) is 19.2. The van der Waals surface area contributed by atoms with Crippen molar-refractivity contribution in [2.24, 2.45) is 0 Å². The molecule has 0 spiro atoms. The molecule has 1 aliphatic heterocycles. The second-order valence-corrected chi connectivity index (χ2v) is 6.43. The van der Waals surface area contributed by atoms with Gasteiger partial charge in [0, 0.05) is 38.3 Å². The smallest absolute Gasteiger partial charge is 0.419 e. The summed E-state index contributed by atoms with van der Waals surface area (Å²) >= 11 is 0. The average molecular weight is 382 g/mol. The van der Waals surface area contributed by atoms with Crippen LogP contribution in [0, 0.1) is 5.82 Å². The van der Waals surface area contributed by atoms with E-state index in [1.165, 1.54) is 4.90 Å². The molecule has 1 saturated heterocycles. The zero-order valence-electron chi connectivity index (χ0n) is 14.3. The third-order valence-corrected chi connectivity index (χ3v) is 4.49. The molecule has 4 nitrogen and oxygen atoms in total. The number of hydrogen-bond donors (Lipinski definition) is 1. The molecule has 144 valence electrons. The van der Waals surface area contributed by atoms with Gasteiger partial charge in [0.25, 0.3) is 5.91 Å². The average Bonchev–Trinajstić information content (AvgIpc) is 2.61. The number of alkyl halides is 3. The number of aromatic hydroxyl groups is 1. The molecule has 1 fully saturated rings. The lowest BCUT2D eigenvalue weighted by Crippen LogP contribution is -2.48. The molecular weight excluding hydrogens is 364 g/mol. The van der Waals surface area contributed by atoms with Crippen molar-refractivity contribution < 1.29 is 27.5 Å². The van der Waals surface area contributed by atoms with Crippen LogP contribution in [-0.2, 0) is 12.7 Å². The summed E-state index contributed by atoms with van der Waals surface area (Å²) < 4.78 is 51.9. The zero-order valence-corrected chi connectivity index (χ0v) is 14.3. The summed E-state index contributed by atoms with van der Waals surface area (Å²) in [6, 6.07) is 9.19. The predicted octanol–water partition coefficient (Wildman–Crippen LogP) is 3.51. The molecule has 0 unspecified atom stereocenters. The Kier molecular flexibility index (Phi) is 5.36. The molecule has 8 heteroatoms. The minimum atomic E-state index is -4.85. The van der Waals surface area contributed by atoms with Crippen LogP contribution in [-0.4, -0.2) is 47.0 Å². The van der Waals surface area contributed by atoms with Gasteiger partial charge in [-0.1, -0.05) is 12.1 Å². The van der Waals surface area contributed by atoms with Gasteiger partial charge in [0.15, 0.2) is 0 Å². The van der Waals surface area contributed by atoms with Crippen LogP contribution in [0.2, 0.25) is 0 Å². The quantitative estimate of drug-likeness (QED) is 0.827. The van der Waals surface area contributed by atoms with Crippen LogP contribution >= 0.6 is 0 Å². The molecule has 27 heavy (non-hydrogen) atoms. The van der Waals surface area contributed by atoms with Gasteiger partial charge >= 0.3 is 6.18 Å². The standard InChI is InChI=1S/C19H18F4N2O2/c20-17-5-4-14(11-16(17)19(21,22)23)18(27)25-8-6-24(7-9-25)12-13-2-1-3-15(26)10-13/h1-5,10-11,26H,6-9,12H2. The van der Waals surface area contributed by atoms with Crippen molar-refractivity contribution in [3.63, 3.8) is 0 Å². The van der Waals surface area contributed by atoms with Gasteiger partial charge in [0.1, 0.15) is 11.6 Å². The molecule has 1 heterocycles. The number of halogens is 4. The second kappa shape index (κ2) is 7.56. The number of hydrogen-bond acceptors (Lipinski definition) is 3. The molecule has 3 rings (SSSR count). The Hall–Kier alpha value is -2.61. The van der Waals surface area contributed by atoms with Crippen LogP contribution in [0.3, 0.4) is 0 Å². The van der Waals surface area contributed by atoms with Crippen molar-refractivity contribution in [2.75, 3.05) is 26.2 Å². The number of phenols is 1. The Bertz CT molecular complexity index is 831. The molecule has 0 atom stereocenters. The third-order valence-electron chi connectivity index (χ3n) is 4.49. The number of carbonyl (C=O) groups is 1. The van der Waals surface area contributed by atoms with Crippen molar-refractivity contribution in [2.45, 2.75) is 12.7 Å². The molecule has 0 aromatic heterocycles. The number of carbonyl (C=O) groups excluding carboxylic acids is 1. The lowest BCUT2D eigenvalue weighted by molar-refractivity contribution is -0.140. The van der Waals surface area contributed by atoms with Gasteiger partial charge in [0.05, 0.1) is 5.56 Å². The van der Waals surface area contributed by atoms with E-state index in [9.17, 15) is 27.5 Å². The van der Waals surface area contributed by atoms with E-state index in [4.69, 9.17) is 0 Å². The van der Waals surface area contributed by atoms with E-state index in [-0.39, 0.29) is 11.3 Å². The van der Waals surface area contributed by atoms with Crippen molar-refractivity contribution in [3.8, 4) is 5.75 Å². The predicted molar refractivity (Wildman–Crippen MR) is 90.7 cm³/mol. The fourth-order valence-corrected chi connectivity index (χ4v) is 3.08. The van der Waals surface area contributed by atoms with Crippen molar-refractivity contribution in [3.05, 3.63) is 65.0 Å². The SMILES string of the molecule is O=C(c1ccc(F)c(C(F)(F)F)c1)N1CCN(Cc2cccc(O)c2)CC1. The van der Waals surface area contributed by atoms with E-state index in [0.29, 0.717) is 44.9 Å². The van der Waals surface area contributed by atoms with Crippen LogP contribution in [0.15, 0.2) is 42.5 Å². The zero-order chi connectivity index (χ0) is 19.6. The Morgan fingerprint density at radius 3 is 2.37 bits per heavy atom. The van der Waals surface area contributed by atoms with E-state index in [0.717, 1.165) is 11.6 Å². The lowest BCUT2D eigenvalue weighted by Gasteiger charge is -2.35. The van der Waals surface area contributed by atoms with Gasteiger partial charge in [0.2, 0.25) is 0 Å². The number of phenolic OH excluding ortho intramolecular Hbond substituents is 1. The van der Waals surface area contributed by atoms with Crippen molar-refractivity contribution in [1.29, 1.82) is 0 Å². The van der Waals surface area contributed by atoms with Gasteiger partial charge in [-0.2, -0.15) is 13.2 Å². The maximum absolute atomic E-state index is 13.4. The summed E-state index contributed by atoms with van der Waals surface area (Å²) in [6.45, 7) is 2.42. The van der Waals surface area contributed by atoms with E-state index in [1.54, 1.807) is 18.2 Å². The third kappa shape index (κ3) is 4.57. The largest absolute Gasteiger partial charge is 0.508 e. The molecule has 1 aliphatic rings. The summed E-state index contributed by atoms with van der Waals surface area (Å²) in [5, 5.41) is 9.50. The maximum Gasteiger partial charge on any atom is 0.419 e. The van der Waals surface area contributed by atoms with Crippen molar-refractivity contribution in [1.82, 2.24) is 9.80 Å². The highest BCUT2D eigenvalue weighted by atomic mass is 19.4. The lowest BCUT2D eigenvalue weighted by atomic mass is 10.1. The second-order valence-electron chi connectivity index (χ2n) is 6.43. The Morgan fingerprint density at radius 2 is 1.74 bits per heavy atom. The minimum Gasteiger partial charge on any atom is -0.508 e. The highest BCUT2D eigenvalue weighted by Crippen LogP contribution is 2.32. The van der Waals surface area contributed by atoms with Crippen LogP contribution in [0.25, 0.3) is 0 Å². The Balaban J connectivity index is 1.63. The molecule has 2 aromatic carbocycles. The molecular formula is C19H18F4N2O2. The Labute approximate surface area is 153 Å². The van der Waals surface area contributed by atoms with Crippen LogP contribution in [0.1, 0.15) is 21.5 Å². The number of rotatable bonds is 3. The molecule has 0 aliphatic carbocycles. The molecule has 1 amide bonds. The van der Waals surface area contributed by atoms with E-state index in [2.05, 4.69) is 4.90 Å². The van der Waals surface area contributed by atoms with Crippen molar-refractivity contribution >= 4 is 5.91 Å². The van der Waals surface area contributed by atoms with E-state index >= 15 is 0 Å². The van der Waals surface area contributed by atoms with Gasteiger partial charge in [-0.25, -0.2) is 4.39 Å². The normalized spacial score (nSPS) is 15.8. The molecule has 1 N–H and O–H groups in total. The van der Waals surface area contributed by atoms with Gasteiger partial charge < -0.3 is 10.0 Å². The minimum absolute atomic E-state index is 0.176. The summed E-state index contributed by atoms with van der Waals surface area (Å²) in [4.78, 5) is 16.0. The molecule has 0 bridgehead atoms. The summed E-state index contributed by atoms with van der Waals surface area (Å²) in [6.07, 6.45) is -4.85.